The Morgan fingerprint density at radius 1 is 1.10 bits per heavy atom. The molecule has 5 unspecified atom stereocenters. The molecule has 3 nitrogen and oxygen atoms in total. The van der Waals surface area contributed by atoms with Crippen LogP contribution in [0.3, 0.4) is 0 Å². The average molecular weight is 298 g/mol. The zero-order chi connectivity index (χ0) is 16.0. The van der Waals surface area contributed by atoms with Gasteiger partial charge in [-0.3, -0.25) is 0 Å². The monoisotopic (exact) mass is 298 g/mol. The second-order valence-electron chi connectivity index (χ2n) is 7.21. The summed E-state index contributed by atoms with van der Waals surface area (Å²) in [5.41, 5.74) is 0. The van der Waals surface area contributed by atoms with Crippen LogP contribution in [0.2, 0.25) is 0 Å². The molecule has 0 aromatic rings. The van der Waals surface area contributed by atoms with Crippen molar-refractivity contribution < 1.29 is 15.0 Å². The summed E-state index contributed by atoms with van der Waals surface area (Å²) in [6.07, 6.45) is 6.50. The van der Waals surface area contributed by atoms with Gasteiger partial charge in [0.1, 0.15) is 0 Å². The summed E-state index contributed by atoms with van der Waals surface area (Å²) < 4.78 is 0. The summed E-state index contributed by atoms with van der Waals surface area (Å²) in [7, 11) is 0. The van der Waals surface area contributed by atoms with Crippen LogP contribution < -0.4 is 0 Å². The van der Waals surface area contributed by atoms with E-state index in [-0.39, 0.29) is 5.92 Å². The van der Waals surface area contributed by atoms with Gasteiger partial charge in [0, 0.05) is 0 Å². The maximum absolute atomic E-state index is 11.3. The summed E-state index contributed by atoms with van der Waals surface area (Å²) in [6.45, 7) is 8.77. The molecule has 3 heteroatoms. The molecule has 5 atom stereocenters. The molecule has 1 aliphatic carbocycles. The Labute approximate surface area is 130 Å². The molecule has 21 heavy (non-hydrogen) atoms. The Bertz CT molecular complexity index is 304. The lowest BCUT2D eigenvalue weighted by atomic mass is 9.66. The smallest absolute Gasteiger partial charge is 0.332 e. The zero-order valence-electron chi connectivity index (χ0n) is 14.2. The topological polar surface area (TPSA) is 57.5 Å². The molecule has 124 valence electrons. The van der Waals surface area contributed by atoms with Gasteiger partial charge in [0.15, 0.2) is 6.10 Å². The standard InChI is InChI=1S/C18H34O3/c1-5-12(4)8-16(17(19)18(20)21)15-10-13(6-2)9-14(7-3)11-15/h12-17,19H,5-11H2,1-4H3,(H,20,21). The fraction of sp³-hybridized carbons (Fsp3) is 0.944. The van der Waals surface area contributed by atoms with E-state index >= 15 is 0 Å². The fourth-order valence-electron chi connectivity index (χ4n) is 4.03. The molecule has 1 fully saturated rings. The lowest BCUT2D eigenvalue weighted by Crippen LogP contribution is -2.39. The summed E-state index contributed by atoms with van der Waals surface area (Å²) in [5, 5.41) is 19.5. The summed E-state index contributed by atoms with van der Waals surface area (Å²) >= 11 is 0. The highest BCUT2D eigenvalue weighted by Crippen LogP contribution is 2.43. The average Bonchev–Trinajstić information content (AvgIpc) is 2.50. The molecule has 0 bridgehead atoms. The molecular weight excluding hydrogens is 264 g/mol. The van der Waals surface area contributed by atoms with Crippen molar-refractivity contribution >= 4 is 5.97 Å². The van der Waals surface area contributed by atoms with Crippen molar-refractivity contribution in [1.29, 1.82) is 0 Å². The number of rotatable bonds is 8. The summed E-state index contributed by atoms with van der Waals surface area (Å²) in [6, 6.07) is 0. The highest BCUT2D eigenvalue weighted by atomic mass is 16.4. The highest BCUT2D eigenvalue weighted by Gasteiger charge is 2.38. The van der Waals surface area contributed by atoms with Crippen LogP contribution in [0, 0.1) is 29.6 Å². The molecule has 1 rings (SSSR count). The Kier molecular flexibility index (Phi) is 7.72. The first-order valence-corrected chi connectivity index (χ1v) is 8.83. The molecule has 2 N–H and O–H groups in total. The maximum atomic E-state index is 11.3. The van der Waals surface area contributed by atoms with Crippen LogP contribution >= 0.6 is 0 Å². The molecule has 0 aromatic carbocycles. The second kappa shape index (κ2) is 8.77. The summed E-state index contributed by atoms with van der Waals surface area (Å²) in [5.74, 6) is 1.12. The third-order valence-corrected chi connectivity index (χ3v) is 5.73. The van der Waals surface area contributed by atoms with Crippen molar-refractivity contribution in [2.75, 3.05) is 0 Å². The highest BCUT2D eigenvalue weighted by molar-refractivity contribution is 5.72. The van der Waals surface area contributed by atoms with Gasteiger partial charge in [-0.2, -0.15) is 0 Å². The van der Waals surface area contributed by atoms with E-state index in [0.29, 0.717) is 23.7 Å². The lowest BCUT2D eigenvalue weighted by molar-refractivity contribution is -0.152. The largest absolute Gasteiger partial charge is 0.479 e. The van der Waals surface area contributed by atoms with E-state index in [0.717, 1.165) is 25.7 Å². The molecule has 0 amide bonds. The van der Waals surface area contributed by atoms with E-state index < -0.39 is 12.1 Å². The van der Waals surface area contributed by atoms with Crippen molar-refractivity contribution in [2.45, 2.75) is 78.7 Å². The molecular formula is C18H34O3. The lowest BCUT2D eigenvalue weighted by Gasteiger charge is -2.40. The predicted molar refractivity (Wildman–Crippen MR) is 86.1 cm³/mol. The minimum Gasteiger partial charge on any atom is -0.479 e. The van der Waals surface area contributed by atoms with Crippen LogP contribution in [0.1, 0.15) is 72.6 Å². The van der Waals surface area contributed by atoms with Gasteiger partial charge in [-0.15, -0.1) is 0 Å². The van der Waals surface area contributed by atoms with Crippen molar-refractivity contribution in [3.63, 3.8) is 0 Å². The minimum absolute atomic E-state index is 0.0825. The van der Waals surface area contributed by atoms with Crippen LogP contribution in [0.4, 0.5) is 0 Å². The molecule has 1 saturated carbocycles. The number of hydrogen-bond acceptors (Lipinski definition) is 2. The number of hydrogen-bond donors (Lipinski definition) is 2. The molecule has 1 aliphatic rings. The van der Waals surface area contributed by atoms with E-state index in [9.17, 15) is 15.0 Å². The molecule has 0 saturated heterocycles. The molecule has 0 spiro atoms. The predicted octanol–water partition coefficient (Wildman–Crippen LogP) is 4.34. The van der Waals surface area contributed by atoms with Gasteiger partial charge in [0.05, 0.1) is 0 Å². The van der Waals surface area contributed by atoms with Gasteiger partial charge in [-0.1, -0.05) is 47.0 Å². The Morgan fingerprint density at radius 2 is 1.62 bits per heavy atom. The van der Waals surface area contributed by atoms with E-state index in [4.69, 9.17) is 0 Å². The minimum atomic E-state index is -1.20. The third kappa shape index (κ3) is 5.28. The van der Waals surface area contributed by atoms with Crippen LogP contribution in [0.25, 0.3) is 0 Å². The number of carboxylic acids is 1. The van der Waals surface area contributed by atoms with E-state index in [1.807, 2.05) is 0 Å². The first kappa shape index (κ1) is 18.5. The van der Waals surface area contributed by atoms with Gasteiger partial charge < -0.3 is 10.2 Å². The first-order chi connectivity index (χ1) is 9.92. The van der Waals surface area contributed by atoms with Gasteiger partial charge in [0.25, 0.3) is 0 Å². The maximum Gasteiger partial charge on any atom is 0.332 e. The van der Waals surface area contributed by atoms with Crippen molar-refractivity contribution in [2.24, 2.45) is 29.6 Å². The van der Waals surface area contributed by atoms with Crippen LogP contribution in [0.15, 0.2) is 0 Å². The number of aliphatic hydroxyl groups excluding tert-OH is 1. The van der Waals surface area contributed by atoms with Crippen molar-refractivity contribution in [3.8, 4) is 0 Å². The van der Waals surface area contributed by atoms with Crippen LogP contribution in [0.5, 0.6) is 0 Å². The number of aliphatic carboxylic acids is 1. The molecule has 0 aromatic heterocycles. The van der Waals surface area contributed by atoms with E-state index in [2.05, 4.69) is 27.7 Å². The van der Waals surface area contributed by atoms with Gasteiger partial charge in [-0.25, -0.2) is 4.79 Å². The number of carbonyl (C=O) groups is 1. The molecule has 0 heterocycles. The normalized spacial score (nSPS) is 30.6. The zero-order valence-corrected chi connectivity index (χ0v) is 14.2. The van der Waals surface area contributed by atoms with Crippen molar-refractivity contribution in [1.82, 2.24) is 0 Å². The fourth-order valence-corrected chi connectivity index (χ4v) is 4.03. The van der Waals surface area contributed by atoms with Gasteiger partial charge >= 0.3 is 5.97 Å². The van der Waals surface area contributed by atoms with Crippen LogP contribution in [-0.2, 0) is 4.79 Å². The van der Waals surface area contributed by atoms with Crippen LogP contribution in [-0.4, -0.2) is 22.3 Å². The second-order valence-corrected chi connectivity index (χ2v) is 7.21. The number of aliphatic hydroxyl groups is 1. The Hall–Kier alpha value is -0.570. The number of carboxylic acid groups (broad SMARTS) is 1. The Balaban J connectivity index is 2.86. The van der Waals surface area contributed by atoms with E-state index in [1.54, 1.807) is 0 Å². The van der Waals surface area contributed by atoms with Gasteiger partial charge in [-0.05, 0) is 55.3 Å². The molecule has 0 aliphatic heterocycles. The van der Waals surface area contributed by atoms with E-state index in [1.165, 1.54) is 19.3 Å². The van der Waals surface area contributed by atoms with Gasteiger partial charge in [0.2, 0.25) is 0 Å². The summed E-state index contributed by atoms with van der Waals surface area (Å²) in [4.78, 5) is 11.3. The first-order valence-electron chi connectivity index (χ1n) is 8.83. The molecule has 0 radical (unpaired) electrons. The SMILES string of the molecule is CCC(C)CC(C1CC(CC)CC(CC)C1)C(O)C(=O)O. The Morgan fingerprint density at radius 3 is 2.00 bits per heavy atom. The quantitative estimate of drug-likeness (QED) is 0.701. The third-order valence-electron chi connectivity index (χ3n) is 5.73. The van der Waals surface area contributed by atoms with Crippen molar-refractivity contribution in [3.05, 3.63) is 0 Å².